The molecule has 1 aromatic carbocycles. The Bertz CT molecular complexity index is 567. The van der Waals surface area contributed by atoms with Gasteiger partial charge < -0.3 is 9.73 Å². The van der Waals surface area contributed by atoms with Gasteiger partial charge in [0.15, 0.2) is 5.58 Å². The number of halogens is 1. The first-order valence-corrected chi connectivity index (χ1v) is 7.39. The van der Waals surface area contributed by atoms with E-state index in [2.05, 4.69) is 12.2 Å². The van der Waals surface area contributed by atoms with Crippen LogP contribution in [0.1, 0.15) is 38.5 Å². The fourth-order valence-corrected chi connectivity index (χ4v) is 3.25. The molecule has 0 aliphatic carbocycles. The molecular formula is C15H19ClN2O. The van der Waals surface area contributed by atoms with Gasteiger partial charge in [-0.3, -0.25) is 0 Å². The maximum absolute atomic E-state index is 6.02. The van der Waals surface area contributed by atoms with E-state index in [-0.39, 0.29) is 5.41 Å². The molecule has 2 aromatic rings. The van der Waals surface area contributed by atoms with Gasteiger partial charge in [0, 0.05) is 10.4 Å². The monoisotopic (exact) mass is 278 g/mol. The van der Waals surface area contributed by atoms with Crippen molar-refractivity contribution in [2.45, 2.75) is 38.0 Å². The Balaban J connectivity index is 2.04. The van der Waals surface area contributed by atoms with Crippen LogP contribution in [-0.4, -0.2) is 18.1 Å². The van der Waals surface area contributed by atoms with Crippen molar-refractivity contribution >= 4 is 22.7 Å². The molecule has 0 saturated carbocycles. The Morgan fingerprint density at radius 3 is 2.89 bits per heavy atom. The number of hydrogen-bond donors (Lipinski definition) is 1. The molecule has 1 aliphatic rings. The maximum atomic E-state index is 6.02. The third kappa shape index (κ3) is 2.37. The van der Waals surface area contributed by atoms with Crippen LogP contribution < -0.4 is 5.32 Å². The predicted molar refractivity (Wildman–Crippen MR) is 77.7 cm³/mol. The van der Waals surface area contributed by atoms with Crippen molar-refractivity contribution in [3.05, 3.63) is 29.1 Å². The minimum atomic E-state index is 0.103. The normalized spacial score (nSPS) is 18.8. The lowest BCUT2D eigenvalue weighted by Crippen LogP contribution is -2.40. The number of nitrogens with one attached hydrogen (secondary N) is 1. The second-order valence-corrected chi connectivity index (χ2v) is 5.85. The van der Waals surface area contributed by atoms with Crippen LogP contribution in [0, 0.1) is 0 Å². The summed E-state index contributed by atoms with van der Waals surface area (Å²) in [6, 6.07) is 5.65. The van der Waals surface area contributed by atoms with E-state index in [0.29, 0.717) is 5.02 Å². The number of rotatable bonds is 3. The summed E-state index contributed by atoms with van der Waals surface area (Å²) >= 11 is 6.02. The highest BCUT2D eigenvalue weighted by atomic mass is 35.5. The van der Waals surface area contributed by atoms with Gasteiger partial charge in [-0.25, -0.2) is 4.98 Å². The molecule has 0 bridgehead atoms. The van der Waals surface area contributed by atoms with Crippen LogP contribution in [0.2, 0.25) is 5.02 Å². The molecule has 102 valence electrons. The number of fused-ring (bicyclic) bond motifs is 1. The van der Waals surface area contributed by atoms with Crippen molar-refractivity contribution in [1.29, 1.82) is 0 Å². The van der Waals surface area contributed by atoms with Gasteiger partial charge in [0.25, 0.3) is 0 Å². The summed E-state index contributed by atoms with van der Waals surface area (Å²) < 4.78 is 6.02. The molecule has 1 aromatic heterocycles. The molecule has 0 atom stereocenters. The summed E-state index contributed by atoms with van der Waals surface area (Å²) in [6.45, 7) is 4.31. The van der Waals surface area contributed by atoms with Crippen LogP contribution in [0.3, 0.4) is 0 Å². The van der Waals surface area contributed by atoms with Gasteiger partial charge in [-0.15, -0.1) is 0 Å². The van der Waals surface area contributed by atoms with Crippen molar-refractivity contribution in [1.82, 2.24) is 10.3 Å². The summed E-state index contributed by atoms with van der Waals surface area (Å²) in [5.41, 5.74) is 1.82. The highest BCUT2D eigenvalue weighted by Crippen LogP contribution is 2.38. The second-order valence-electron chi connectivity index (χ2n) is 5.41. The van der Waals surface area contributed by atoms with Crippen LogP contribution in [0.15, 0.2) is 22.6 Å². The average Bonchev–Trinajstić information content (AvgIpc) is 2.83. The number of nitrogens with zero attached hydrogens (tertiary/aromatic N) is 1. The molecule has 1 saturated heterocycles. The predicted octanol–water partition coefficient (Wildman–Crippen LogP) is 3.90. The van der Waals surface area contributed by atoms with E-state index in [1.807, 2.05) is 18.2 Å². The van der Waals surface area contributed by atoms with Crippen molar-refractivity contribution in [3.63, 3.8) is 0 Å². The first-order chi connectivity index (χ1) is 9.23. The van der Waals surface area contributed by atoms with Crippen molar-refractivity contribution in [2.24, 2.45) is 0 Å². The summed E-state index contributed by atoms with van der Waals surface area (Å²) in [5, 5.41) is 4.13. The van der Waals surface area contributed by atoms with Gasteiger partial charge in [-0.05, 0) is 50.6 Å². The molecule has 0 amide bonds. The zero-order valence-corrected chi connectivity index (χ0v) is 12.0. The first-order valence-electron chi connectivity index (χ1n) is 7.01. The minimum absolute atomic E-state index is 0.103. The molecule has 2 heterocycles. The van der Waals surface area contributed by atoms with E-state index in [0.717, 1.165) is 55.8 Å². The van der Waals surface area contributed by atoms with E-state index >= 15 is 0 Å². The Kier molecular flexibility index (Phi) is 3.50. The number of aromatic nitrogens is 1. The number of benzene rings is 1. The number of hydrogen-bond acceptors (Lipinski definition) is 3. The van der Waals surface area contributed by atoms with E-state index in [9.17, 15) is 0 Å². The molecule has 19 heavy (non-hydrogen) atoms. The van der Waals surface area contributed by atoms with Crippen molar-refractivity contribution in [3.8, 4) is 0 Å². The highest BCUT2D eigenvalue weighted by molar-refractivity contribution is 6.31. The highest BCUT2D eigenvalue weighted by Gasteiger charge is 2.37. The fraction of sp³-hybridized carbons (Fsp3) is 0.533. The Morgan fingerprint density at radius 2 is 2.16 bits per heavy atom. The first kappa shape index (κ1) is 12.9. The zero-order chi connectivity index (χ0) is 13.3. The molecule has 4 heteroatoms. The standard InChI is InChI=1S/C15H19ClN2O/c1-2-5-15(6-8-17-9-7-15)14-18-12-10-11(16)3-4-13(12)19-14/h3-4,10,17H,2,5-9H2,1H3. The fourth-order valence-electron chi connectivity index (χ4n) is 3.08. The lowest BCUT2D eigenvalue weighted by atomic mass is 9.75. The van der Waals surface area contributed by atoms with E-state index in [4.69, 9.17) is 21.0 Å². The van der Waals surface area contributed by atoms with Gasteiger partial charge in [0.2, 0.25) is 5.89 Å². The van der Waals surface area contributed by atoms with Gasteiger partial charge in [0.05, 0.1) is 0 Å². The Hall–Kier alpha value is -1.06. The number of oxazole rings is 1. The molecule has 1 aliphatic heterocycles. The average molecular weight is 279 g/mol. The van der Waals surface area contributed by atoms with E-state index < -0.39 is 0 Å². The zero-order valence-electron chi connectivity index (χ0n) is 11.2. The Morgan fingerprint density at radius 1 is 1.37 bits per heavy atom. The summed E-state index contributed by atoms with van der Waals surface area (Å²) in [7, 11) is 0. The summed E-state index contributed by atoms with van der Waals surface area (Å²) in [6.07, 6.45) is 4.48. The topological polar surface area (TPSA) is 38.1 Å². The molecule has 0 spiro atoms. The van der Waals surface area contributed by atoms with Crippen LogP contribution in [0.4, 0.5) is 0 Å². The summed E-state index contributed by atoms with van der Waals surface area (Å²) in [4.78, 5) is 4.71. The SMILES string of the molecule is CCCC1(c2nc3cc(Cl)ccc3o2)CCNCC1. The van der Waals surface area contributed by atoms with Gasteiger partial charge in [0.1, 0.15) is 5.52 Å². The van der Waals surface area contributed by atoms with Gasteiger partial charge in [-0.2, -0.15) is 0 Å². The Labute approximate surface area is 118 Å². The molecule has 0 unspecified atom stereocenters. The third-order valence-electron chi connectivity index (χ3n) is 4.09. The van der Waals surface area contributed by atoms with Crippen LogP contribution in [0.25, 0.3) is 11.1 Å². The second kappa shape index (κ2) is 5.14. The van der Waals surface area contributed by atoms with Crippen molar-refractivity contribution < 1.29 is 4.42 Å². The quantitative estimate of drug-likeness (QED) is 0.925. The molecule has 1 N–H and O–H groups in total. The molecule has 3 rings (SSSR count). The maximum Gasteiger partial charge on any atom is 0.201 e. The van der Waals surface area contributed by atoms with Crippen LogP contribution >= 0.6 is 11.6 Å². The number of piperidine rings is 1. The van der Waals surface area contributed by atoms with E-state index in [1.54, 1.807) is 0 Å². The molecule has 3 nitrogen and oxygen atoms in total. The van der Waals surface area contributed by atoms with Crippen molar-refractivity contribution in [2.75, 3.05) is 13.1 Å². The van der Waals surface area contributed by atoms with Crippen LogP contribution in [-0.2, 0) is 5.41 Å². The smallest absolute Gasteiger partial charge is 0.201 e. The van der Waals surface area contributed by atoms with Gasteiger partial charge >= 0.3 is 0 Å². The lowest BCUT2D eigenvalue weighted by Gasteiger charge is -2.34. The molecular weight excluding hydrogens is 260 g/mol. The van der Waals surface area contributed by atoms with Crippen LogP contribution in [0.5, 0.6) is 0 Å². The molecule has 0 radical (unpaired) electrons. The largest absolute Gasteiger partial charge is 0.440 e. The molecule has 1 fully saturated rings. The minimum Gasteiger partial charge on any atom is -0.440 e. The third-order valence-corrected chi connectivity index (χ3v) is 4.33. The lowest BCUT2D eigenvalue weighted by molar-refractivity contribution is 0.234. The van der Waals surface area contributed by atoms with E-state index in [1.165, 1.54) is 0 Å². The summed E-state index contributed by atoms with van der Waals surface area (Å²) in [5.74, 6) is 0.896. The van der Waals surface area contributed by atoms with Gasteiger partial charge in [-0.1, -0.05) is 24.9 Å².